The number of amides is 1. The molecule has 0 aliphatic rings. The first-order valence-corrected chi connectivity index (χ1v) is 7.73. The molecule has 1 heterocycles. The maximum atomic E-state index is 12.2. The standard InChI is InChI=1S/C16H19BrN4O/c1-10-5-6-12(11(17)9-10)18-15(22)13-7-8-14(21-20-13)19-16(2,3)4/h5-9H,1-4H3,(H,18,22)(H,19,21). The van der Waals surface area contributed by atoms with Crippen molar-refractivity contribution in [2.75, 3.05) is 10.6 Å². The van der Waals surface area contributed by atoms with Crippen LogP contribution >= 0.6 is 15.9 Å². The van der Waals surface area contributed by atoms with Gasteiger partial charge in [-0.1, -0.05) is 6.07 Å². The van der Waals surface area contributed by atoms with E-state index >= 15 is 0 Å². The molecule has 5 nitrogen and oxygen atoms in total. The molecule has 6 heteroatoms. The molecule has 0 bridgehead atoms. The number of aromatic nitrogens is 2. The quantitative estimate of drug-likeness (QED) is 0.865. The molecule has 0 saturated carbocycles. The summed E-state index contributed by atoms with van der Waals surface area (Å²) >= 11 is 3.43. The average molecular weight is 363 g/mol. The second-order valence-electron chi connectivity index (χ2n) is 6.12. The van der Waals surface area contributed by atoms with Crippen molar-refractivity contribution < 1.29 is 4.79 Å². The fraction of sp³-hybridized carbons (Fsp3) is 0.312. The number of hydrogen-bond donors (Lipinski definition) is 2. The van der Waals surface area contributed by atoms with E-state index in [-0.39, 0.29) is 17.1 Å². The molecule has 2 rings (SSSR count). The molecule has 116 valence electrons. The van der Waals surface area contributed by atoms with E-state index in [1.807, 2.05) is 45.9 Å². The van der Waals surface area contributed by atoms with Crippen molar-refractivity contribution in [1.82, 2.24) is 10.2 Å². The van der Waals surface area contributed by atoms with E-state index in [1.54, 1.807) is 12.1 Å². The number of benzene rings is 1. The summed E-state index contributed by atoms with van der Waals surface area (Å²) in [5.74, 6) is 0.347. The van der Waals surface area contributed by atoms with E-state index < -0.39 is 0 Å². The number of nitrogens with zero attached hydrogens (tertiary/aromatic N) is 2. The highest BCUT2D eigenvalue weighted by atomic mass is 79.9. The van der Waals surface area contributed by atoms with Crippen LogP contribution in [-0.4, -0.2) is 21.6 Å². The Bertz CT molecular complexity index is 678. The molecule has 2 N–H and O–H groups in total. The molecule has 1 aromatic heterocycles. The number of aryl methyl sites for hydroxylation is 1. The molecule has 2 aromatic rings. The Kier molecular flexibility index (Phi) is 4.81. The van der Waals surface area contributed by atoms with Gasteiger partial charge < -0.3 is 10.6 Å². The highest BCUT2D eigenvalue weighted by Gasteiger charge is 2.13. The second-order valence-corrected chi connectivity index (χ2v) is 6.97. The lowest BCUT2D eigenvalue weighted by Gasteiger charge is -2.20. The molecular weight excluding hydrogens is 344 g/mol. The van der Waals surface area contributed by atoms with E-state index in [4.69, 9.17) is 0 Å². The number of rotatable bonds is 3. The third-order valence-electron chi connectivity index (χ3n) is 2.77. The van der Waals surface area contributed by atoms with Crippen molar-refractivity contribution in [2.45, 2.75) is 33.2 Å². The molecule has 0 radical (unpaired) electrons. The third-order valence-corrected chi connectivity index (χ3v) is 3.43. The van der Waals surface area contributed by atoms with Crippen LogP contribution in [0.4, 0.5) is 11.5 Å². The van der Waals surface area contributed by atoms with Gasteiger partial charge in [0.2, 0.25) is 0 Å². The number of carbonyl (C=O) groups is 1. The van der Waals surface area contributed by atoms with Crippen molar-refractivity contribution in [3.63, 3.8) is 0 Å². The van der Waals surface area contributed by atoms with Gasteiger partial charge in [-0.2, -0.15) is 0 Å². The molecular formula is C16H19BrN4O. The van der Waals surface area contributed by atoms with E-state index in [1.165, 1.54) is 0 Å². The van der Waals surface area contributed by atoms with Gasteiger partial charge in [-0.25, -0.2) is 0 Å². The van der Waals surface area contributed by atoms with Crippen molar-refractivity contribution >= 4 is 33.3 Å². The van der Waals surface area contributed by atoms with Gasteiger partial charge in [0.05, 0.1) is 5.69 Å². The summed E-state index contributed by atoms with van der Waals surface area (Å²) in [5.41, 5.74) is 1.98. The zero-order valence-electron chi connectivity index (χ0n) is 13.1. The van der Waals surface area contributed by atoms with Crippen LogP contribution in [0.5, 0.6) is 0 Å². The van der Waals surface area contributed by atoms with Crippen LogP contribution in [0.15, 0.2) is 34.8 Å². The third kappa shape index (κ3) is 4.53. The van der Waals surface area contributed by atoms with E-state index in [9.17, 15) is 4.79 Å². The van der Waals surface area contributed by atoms with Gasteiger partial charge in [0.1, 0.15) is 5.82 Å². The zero-order chi connectivity index (χ0) is 16.3. The molecule has 0 aliphatic carbocycles. The summed E-state index contributed by atoms with van der Waals surface area (Å²) in [6.45, 7) is 8.08. The molecule has 0 unspecified atom stereocenters. The maximum Gasteiger partial charge on any atom is 0.276 e. The molecule has 0 fully saturated rings. The Morgan fingerprint density at radius 3 is 2.41 bits per heavy atom. The minimum absolute atomic E-state index is 0.106. The summed E-state index contributed by atoms with van der Waals surface area (Å²) in [5, 5.41) is 14.0. The predicted octanol–water partition coefficient (Wildman–Crippen LogP) is 4.01. The molecule has 0 saturated heterocycles. The van der Waals surface area contributed by atoms with Crippen LogP contribution in [0.1, 0.15) is 36.8 Å². The van der Waals surface area contributed by atoms with Crippen molar-refractivity contribution in [3.8, 4) is 0 Å². The van der Waals surface area contributed by atoms with Crippen LogP contribution in [0, 0.1) is 6.92 Å². The Morgan fingerprint density at radius 1 is 1.14 bits per heavy atom. The van der Waals surface area contributed by atoms with Gasteiger partial charge in [-0.15, -0.1) is 10.2 Å². The monoisotopic (exact) mass is 362 g/mol. The van der Waals surface area contributed by atoms with E-state index in [0.29, 0.717) is 11.5 Å². The lowest BCUT2D eigenvalue weighted by molar-refractivity contribution is 0.102. The first-order valence-electron chi connectivity index (χ1n) is 6.94. The minimum atomic E-state index is -0.292. The molecule has 0 spiro atoms. The normalized spacial score (nSPS) is 11.1. The highest BCUT2D eigenvalue weighted by Crippen LogP contribution is 2.23. The highest BCUT2D eigenvalue weighted by molar-refractivity contribution is 9.10. The fourth-order valence-corrected chi connectivity index (χ4v) is 2.40. The van der Waals surface area contributed by atoms with Crippen molar-refractivity contribution in [2.24, 2.45) is 0 Å². The van der Waals surface area contributed by atoms with Gasteiger partial charge in [0, 0.05) is 10.0 Å². The Hall–Kier alpha value is -1.95. The molecule has 1 aromatic carbocycles. The zero-order valence-corrected chi connectivity index (χ0v) is 14.7. The van der Waals surface area contributed by atoms with Gasteiger partial charge in [-0.05, 0) is 73.5 Å². The molecule has 22 heavy (non-hydrogen) atoms. The predicted molar refractivity (Wildman–Crippen MR) is 92.2 cm³/mol. The lowest BCUT2D eigenvalue weighted by atomic mass is 10.1. The number of nitrogens with one attached hydrogen (secondary N) is 2. The first-order chi connectivity index (χ1) is 10.2. The van der Waals surface area contributed by atoms with E-state index in [2.05, 4.69) is 36.8 Å². The van der Waals surface area contributed by atoms with Gasteiger partial charge >= 0.3 is 0 Å². The number of anilines is 2. The Balaban J connectivity index is 2.10. The van der Waals surface area contributed by atoms with Gasteiger partial charge in [0.15, 0.2) is 5.69 Å². The summed E-state index contributed by atoms with van der Waals surface area (Å²) in [4.78, 5) is 12.2. The smallest absolute Gasteiger partial charge is 0.276 e. The van der Waals surface area contributed by atoms with Gasteiger partial charge in [-0.3, -0.25) is 4.79 Å². The van der Waals surface area contributed by atoms with Crippen LogP contribution in [-0.2, 0) is 0 Å². The number of carbonyl (C=O) groups excluding carboxylic acids is 1. The summed E-state index contributed by atoms with van der Waals surface area (Å²) < 4.78 is 0.833. The van der Waals surface area contributed by atoms with E-state index in [0.717, 1.165) is 10.0 Å². The van der Waals surface area contributed by atoms with Crippen LogP contribution < -0.4 is 10.6 Å². The summed E-state index contributed by atoms with van der Waals surface area (Å²) in [6.07, 6.45) is 0. The largest absolute Gasteiger partial charge is 0.364 e. The maximum absolute atomic E-state index is 12.2. The fourth-order valence-electron chi connectivity index (χ4n) is 1.81. The molecule has 0 atom stereocenters. The molecule has 0 aliphatic heterocycles. The number of halogens is 1. The van der Waals surface area contributed by atoms with Crippen LogP contribution in [0.2, 0.25) is 0 Å². The molecule has 1 amide bonds. The Morgan fingerprint density at radius 2 is 1.86 bits per heavy atom. The van der Waals surface area contributed by atoms with Crippen LogP contribution in [0.3, 0.4) is 0 Å². The summed E-state index contributed by atoms with van der Waals surface area (Å²) in [7, 11) is 0. The first kappa shape index (κ1) is 16.4. The average Bonchev–Trinajstić information content (AvgIpc) is 2.41. The van der Waals surface area contributed by atoms with Crippen molar-refractivity contribution in [3.05, 3.63) is 46.1 Å². The van der Waals surface area contributed by atoms with Gasteiger partial charge in [0.25, 0.3) is 5.91 Å². The Labute approximate surface area is 138 Å². The SMILES string of the molecule is Cc1ccc(NC(=O)c2ccc(NC(C)(C)C)nn2)c(Br)c1. The lowest BCUT2D eigenvalue weighted by Crippen LogP contribution is -2.27. The van der Waals surface area contributed by atoms with Crippen LogP contribution in [0.25, 0.3) is 0 Å². The topological polar surface area (TPSA) is 66.9 Å². The summed E-state index contributed by atoms with van der Waals surface area (Å²) in [6, 6.07) is 9.12. The van der Waals surface area contributed by atoms with Crippen molar-refractivity contribution in [1.29, 1.82) is 0 Å². The number of hydrogen-bond acceptors (Lipinski definition) is 4. The minimum Gasteiger partial charge on any atom is -0.364 e. The second kappa shape index (κ2) is 6.44.